The molecule has 0 aliphatic carbocycles. The van der Waals surface area contributed by atoms with Gasteiger partial charge in [-0.3, -0.25) is 0 Å². The van der Waals surface area contributed by atoms with Gasteiger partial charge in [0, 0.05) is 34.5 Å². The van der Waals surface area contributed by atoms with Crippen molar-refractivity contribution in [2.75, 3.05) is 34.5 Å². The summed E-state index contributed by atoms with van der Waals surface area (Å²) in [6.45, 7) is 0. The maximum atomic E-state index is 2.22. The Hall–Kier alpha value is -0.160. The molecule has 0 saturated carbocycles. The standard InChI is InChI=1S/C21H28S4/c1-3-8-20(9-4-1)18-24-16-14-22-12-7-13-23-15-17-25-19-21-10-5-2-6-11-21/h1-6,8-11H,7,12-19H2. The maximum absolute atomic E-state index is 2.22. The zero-order chi connectivity index (χ0) is 17.4. The molecule has 0 nitrogen and oxygen atoms in total. The summed E-state index contributed by atoms with van der Waals surface area (Å²) in [6.07, 6.45) is 1.35. The van der Waals surface area contributed by atoms with Gasteiger partial charge in [0.1, 0.15) is 0 Å². The Morgan fingerprint density at radius 2 is 0.840 bits per heavy atom. The van der Waals surface area contributed by atoms with Gasteiger partial charge in [-0.1, -0.05) is 60.7 Å². The first-order valence-corrected chi connectivity index (χ1v) is 13.5. The van der Waals surface area contributed by atoms with Crippen LogP contribution < -0.4 is 0 Å². The van der Waals surface area contributed by atoms with E-state index >= 15 is 0 Å². The smallest absolute Gasteiger partial charge is 0.0184 e. The summed E-state index contributed by atoms with van der Waals surface area (Å²) in [4.78, 5) is 0. The molecule has 0 aliphatic rings. The van der Waals surface area contributed by atoms with Crippen LogP contribution in [0.15, 0.2) is 60.7 Å². The molecule has 2 rings (SSSR count). The third-order valence-electron chi connectivity index (χ3n) is 3.54. The third-order valence-corrected chi connectivity index (χ3v) is 8.26. The number of hydrogen-bond donors (Lipinski definition) is 0. The Kier molecular flexibility index (Phi) is 12.6. The first kappa shape index (κ1) is 21.1. The van der Waals surface area contributed by atoms with Gasteiger partial charge in [-0.2, -0.15) is 47.0 Å². The summed E-state index contributed by atoms with van der Waals surface area (Å²) in [7, 11) is 0. The lowest BCUT2D eigenvalue weighted by Crippen LogP contribution is -1.92. The molecule has 0 saturated heterocycles. The molecule has 0 spiro atoms. The molecule has 0 aromatic heterocycles. The lowest BCUT2D eigenvalue weighted by atomic mass is 10.2. The fraction of sp³-hybridized carbons (Fsp3) is 0.429. The molecule has 2 aromatic carbocycles. The molecular formula is C21H28S4. The van der Waals surface area contributed by atoms with E-state index in [1.807, 2.05) is 0 Å². The Balaban J connectivity index is 1.30. The van der Waals surface area contributed by atoms with Crippen molar-refractivity contribution >= 4 is 47.0 Å². The second-order valence-electron chi connectivity index (χ2n) is 5.65. The van der Waals surface area contributed by atoms with Crippen LogP contribution in [0.2, 0.25) is 0 Å². The van der Waals surface area contributed by atoms with E-state index < -0.39 is 0 Å². The van der Waals surface area contributed by atoms with Crippen molar-refractivity contribution in [2.24, 2.45) is 0 Å². The largest absolute Gasteiger partial charge is 0.161 e. The Morgan fingerprint density at radius 3 is 1.28 bits per heavy atom. The molecule has 0 radical (unpaired) electrons. The SMILES string of the molecule is c1ccc(CSCCSCCCSCCSCc2ccccc2)cc1. The summed E-state index contributed by atoms with van der Waals surface area (Å²) in [6, 6.07) is 21.6. The average molecular weight is 409 g/mol. The van der Waals surface area contributed by atoms with Crippen molar-refractivity contribution in [3.63, 3.8) is 0 Å². The number of rotatable bonds is 14. The van der Waals surface area contributed by atoms with Crippen molar-refractivity contribution in [3.05, 3.63) is 71.8 Å². The van der Waals surface area contributed by atoms with Gasteiger partial charge in [0.25, 0.3) is 0 Å². The summed E-state index contributed by atoms with van der Waals surface area (Å²) < 4.78 is 0. The molecule has 0 unspecified atom stereocenters. The third kappa shape index (κ3) is 11.2. The first-order valence-electron chi connectivity index (χ1n) is 8.84. The predicted octanol–water partition coefficient (Wildman–Crippen LogP) is 6.71. The molecule has 25 heavy (non-hydrogen) atoms. The van der Waals surface area contributed by atoms with Crippen LogP contribution in [0.5, 0.6) is 0 Å². The summed E-state index contributed by atoms with van der Waals surface area (Å²) in [5.41, 5.74) is 2.89. The highest BCUT2D eigenvalue weighted by Gasteiger charge is 1.96. The van der Waals surface area contributed by atoms with Gasteiger partial charge in [0.05, 0.1) is 0 Å². The van der Waals surface area contributed by atoms with Crippen LogP contribution in [0.25, 0.3) is 0 Å². The van der Waals surface area contributed by atoms with E-state index in [2.05, 4.69) is 108 Å². The van der Waals surface area contributed by atoms with Gasteiger partial charge < -0.3 is 0 Å². The Labute approximate surface area is 170 Å². The molecule has 0 heterocycles. The highest BCUT2D eigenvalue weighted by molar-refractivity contribution is 8.03. The van der Waals surface area contributed by atoms with E-state index in [-0.39, 0.29) is 0 Å². The van der Waals surface area contributed by atoms with Crippen LogP contribution >= 0.6 is 47.0 Å². The van der Waals surface area contributed by atoms with Gasteiger partial charge in [0.2, 0.25) is 0 Å². The molecule has 0 amide bonds. The molecule has 4 heteroatoms. The number of thioether (sulfide) groups is 4. The van der Waals surface area contributed by atoms with Gasteiger partial charge in [-0.15, -0.1) is 0 Å². The fourth-order valence-electron chi connectivity index (χ4n) is 2.23. The van der Waals surface area contributed by atoms with Gasteiger partial charge in [-0.25, -0.2) is 0 Å². The van der Waals surface area contributed by atoms with Crippen LogP contribution in [0, 0.1) is 0 Å². The van der Waals surface area contributed by atoms with E-state index in [9.17, 15) is 0 Å². The van der Waals surface area contributed by atoms with Crippen molar-refractivity contribution in [1.82, 2.24) is 0 Å². The first-order chi connectivity index (χ1) is 12.4. The Bertz CT molecular complexity index is 481. The molecular weight excluding hydrogens is 380 g/mol. The molecule has 0 aliphatic heterocycles. The average Bonchev–Trinajstić information content (AvgIpc) is 2.67. The van der Waals surface area contributed by atoms with Crippen LogP contribution in [-0.4, -0.2) is 34.5 Å². The van der Waals surface area contributed by atoms with Crippen molar-refractivity contribution < 1.29 is 0 Å². The van der Waals surface area contributed by atoms with Crippen LogP contribution in [0.4, 0.5) is 0 Å². The quantitative estimate of drug-likeness (QED) is 0.318. The van der Waals surface area contributed by atoms with Gasteiger partial charge in [-0.05, 0) is 29.1 Å². The van der Waals surface area contributed by atoms with Crippen molar-refractivity contribution in [2.45, 2.75) is 17.9 Å². The van der Waals surface area contributed by atoms with Crippen LogP contribution in [0.1, 0.15) is 17.5 Å². The van der Waals surface area contributed by atoms with E-state index in [4.69, 9.17) is 0 Å². The van der Waals surface area contributed by atoms with Crippen LogP contribution in [-0.2, 0) is 11.5 Å². The highest BCUT2D eigenvalue weighted by atomic mass is 32.2. The normalized spacial score (nSPS) is 10.9. The zero-order valence-corrected chi connectivity index (χ0v) is 18.0. The minimum Gasteiger partial charge on any atom is -0.161 e. The maximum Gasteiger partial charge on any atom is 0.0184 e. The second kappa shape index (κ2) is 15.0. The molecule has 136 valence electrons. The lowest BCUT2D eigenvalue weighted by Gasteiger charge is -2.04. The lowest BCUT2D eigenvalue weighted by molar-refractivity contribution is 1.12. The second-order valence-corrected chi connectivity index (χ2v) is 10.3. The summed E-state index contributed by atoms with van der Waals surface area (Å²) in [5.74, 6) is 10.0. The van der Waals surface area contributed by atoms with E-state index in [1.165, 1.54) is 52.1 Å². The summed E-state index contributed by atoms with van der Waals surface area (Å²) >= 11 is 8.34. The van der Waals surface area contributed by atoms with E-state index in [1.54, 1.807) is 0 Å². The Morgan fingerprint density at radius 1 is 0.440 bits per heavy atom. The molecule has 0 N–H and O–H groups in total. The number of hydrogen-bond acceptors (Lipinski definition) is 4. The van der Waals surface area contributed by atoms with Crippen LogP contribution in [0.3, 0.4) is 0 Å². The minimum atomic E-state index is 1.15. The highest BCUT2D eigenvalue weighted by Crippen LogP contribution is 2.16. The van der Waals surface area contributed by atoms with Crippen molar-refractivity contribution in [1.29, 1.82) is 0 Å². The number of benzene rings is 2. The van der Waals surface area contributed by atoms with E-state index in [0.717, 1.165) is 11.5 Å². The minimum absolute atomic E-state index is 1.15. The van der Waals surface area contributed by atoms with E-state index in [0.29, 0.717) is 0 Å². The molecule has 0 atom stereocenters. The topological polar surface area (TPSA) is 0 Å². The molecule has 0 fully saturated rings. The van der Waals surface area contributed by atoms with Gasteiger partial charge in [0.15, 0.2) is 0 Å². The van der Waals surface area contributed by atoms with Gasteiger partial charge >= 0.3 is 0 Å². The monoisotopic (exact) mass is 408 g/mol. The van der Waals surface area contributed by atoms with Crippen molar-refractivity contribution in [3.8, 4) is 0 Å². The molecule has 2 aromatic rings. The fourth-order valence-corrected chi connectivity index (χ4v) is 6.55. The predicted molar refractivity (Wildman–Crippen MR) is 124 cm³/mol. The molecule has 0 bridgehead atoms. The summed E-state index contributed by atoms with van der Waals surface area (Å²) in [5, 5.41) is 0. The zero-order valence-electron chi connectivity index (χ0n) is 14.8.